The molecule has 178 valence electrons. The number of carbonyl (C=O) groups excluding carboxylic acids is 3. The van der Waals surface area contributed by atoms with Crippen LogP contribution in [0.15, 0.2) is 0 Å². The first kappa shape index (κ1) is 28.7. The van der Waals surface area contributed by atoms with Gasteiger partial charge < -0.3 is 31.9 Å². The number of hydrogen-bond donors (Lipinski definition) is 7. The topological polar surface area (TPSA) is 188 Å². The fourth-order valence-electron chi connectivity index (χ4n) is 2.63. The van der Waals surface area contributed by atoms with E-state index in [2.05, 4.69) is 28.6 Å². The maximum Gasteiger partial charge on any atom is 0.326 e. The Morgan fingerprint density at radius 1 is 0.871 bits per heavy atom. The highest BCUT2D eigenvalue weighted by Crippen LogP contribution is 2.08. The highest BCUT2D eigenvalue weighted by Gasteiger charge is 2.31. The van der Waals surface area contributed by atoms with Crippen LogP contribution in [0, 0.1) is 11.8 Å². The van der Waals surface area contributed by atoms with Crippen molar-refractivity contribution in [1.82, 2.24) is 16.0 Å². The minimum atomic E-state index is -1.19. The van der Waals surface area contributed by atoms with Crippen LogP contribution >= 0.6 is 12.6 Å². The van der Waals surface area contributed by atoms with Crippen LogP contribution in [0.5, 0.6) is 0 Å². The molecule has 0 aliphatic heterocycles. The normalized spacial score (nSPS) is 15.0. The first-order valence-electron chi connectivity index (χ1n) is 10.0. The molecule has 4 unspecified atom stereocenters. The highest BCUT2D eigenvalue weighted by atomic mass is 32.1. The zero-order chi connectivity index (χ0) is 24.3. The molecule has 4 atom stereocenters. The van der Waals surface area contributed by atoms with Crippen LogP contribution in [0.3, 0.4) is 0 Å². The van der Waals surface area contributed by atoms with Gasteiger partial charge in [0.15, 0.2) is 0 Å². The van der Waals surface area contributed by atoms with E-state index in [1.165, 1.54) is 0 Å². The van der Waals surface area contributed by atoms with Crippen LogP contribution in [-0.4, -0.2) is 69.8 Å². The van der Waals surface area contributed by atoms with E-state index in [1.54, 1.807) is 13.8 Å². The van der Waals surface area contributed by atoms with Gasteiger partial charge in [0, 0.05) is 12.2 Å². The molecule has 0 saturated carbocycles. The van der Waals surface area contributed by atoms with Gasteiger partial charge in [0.25, 0.3) is 0 Å². The highest BCUT2D eigenvalue weighted by molar-refractivity contribution is 7.80. The molecule has 7 N–H and O–H groups in total. The molecule has 0 aromatic carbocycles. The third-order valence-corrected chi connectivity index (χ3v) is 4.76. The minimum absolute atomic E-state index is 0.00635. The van der Waals surface area contributed by atoms with Gasteiger partial charge >= 0.3 is 11.9 Å². The summed E-state index contributed by atoms with van der Waals surface area (Å²) in [5.74, 6) is -4.80. The Kier molecular flexibility index (Phi) is 12.8. The van der Waals surface area contributed by atoms with Crippen molar-refractivity contribution in [2.45, 2.75) is 71.1 Å². The van der Waals surface area contributed by atoms with E-state index < -0.39 is 53.8 Å². The minimum Gasteiger partial charge on any atom is -0.481 e. The molecule has 0 radical (unpaired) electrons. The van der Waals surface area contributed by atoms with Gasteiger partial charge in [-0.25, -0.2) is 4.79 Å². The molecule has 0 aliphatic carbocycles. The quantitative estimate of drug-likeness (QED) is 0.166. The Hall–Kier alpha value is -2.34. The van der Waals surface area contributed by atoms with Crippen LogP contribution in [0.25, 0.3) is 0 Å². The number of carboxylic acids is 2. The molecule has 3 amide bonds. The molecule has 0 aliphatic rings. The number of nitrogens with one attached hydrogen (secondary N) is 3. The summed E-state index contributed by atoms with van der Waals surface area (Å²) >= 11 is 4.05. The number of carbonyl (C=O) groups is 5. The lowest BCUT2D eigenvalue weighted by molar-refractivity contribution is -0.143. The van der Waals surface area contributed by atoms with Gasteiger partial charge in [-0.05, 0) is 24.7 Å². The van der Waals surface area contributed by atoms with Crippen LogP contribution < -0.4 is 21.7 Å². The number of amides is 3. The molecular formula is C19H34N4O7S. The van der Waals surface area contributed by atoms with Gasteiger partial charge in [-0.3, -0.25) is 19.2 Å². The summed E-state index contributed by atoms with van der Waals surface area (Å²) in [5, 5.41) is 25.3. The number of thiol groups is 1. The number of carboxylic acid groups (broad SMARTS) is 2. The number of rotatable bonds is 14. The molecule has 31 heavy (non-hydrogen) atoms. The van der Waals surface area contributed by atoms with Crippen molar-refractivity contribution in [3.8, 4) is 0 Å². The molecule has 12 heteroatoms. The second-order valence-electron chi connectivity index (χ2n) is 8.04. The Bertz CT molecular complexity index is 657. The van der Waals surface area contributed by atoms with E-state index in [9.17, 15) is 29.1 Å². The molecule has 11 nitrogen and oxygen atoms in total. The monoisotopic (exact) mass is 462 g/mol. The van der Waals surface area contributed by atoms with E-state index in [4.69, 9.17) is 10.8 Å². The predicted octanol–water partition coefficient (Wildman–Crippen LogP) is -0.651. The molecular weight excluding hydrogens is 428 g/mol. The van der Waals surface area contributed by atoms with Crippen LogP contribution in [-0.2, 0) is 24.0 Å². The Morgan fingerprint density at radius 2 is 1.39 bits per heavy atom. The fraction of sp³-hybridized carbons (Fsp3) is 0.737. The lowest BCUT2D eigenvalue weighted by Crippen LogP contribution is -2.58. The van der Waals surface area contributed by atoms with E-state index in [1.807, 2.05) is 13.8 Å². The van der Waals surface area contributed by atoms with Crippen molar-refractivity contribution in [3.05, 3.63) is 0 Å². The maximum absolute atomic E-state index is 12.7. The van der Waals surface area contributed by atoms with Gasteiger partial charge in [-0.15, -0.1) is 0 Å². The maximum atomic E-state index is 12.7. The molecule has 0 aromatic rings. The van der Waals surface area contributed by atoms with Gasteiger partial charge in [0.2, 0.25) is 17.7 Å². The number of nitrogens with two attached hydrogens (primary N) is 1. The second kappa shape index (κ2) is 13.9. The molecule has 0 spiro atoms. The van der Waals surface area contributed by atoms with Crippen molar-refractivity contribution < 1.29 is 34.2 Å². The summed E-state index contributed by atoms with van der Waals surface area (Å²) in [4.78, 5) is 59.4. The average Bonchev–Trinajstić information content (AvgIpc) is 2.66. The first-order chi connectivity index (χ1) is 14.3. The Morgan fingerprint density at radius 3 is 1.81 bits per heavy atom. The van der Waals surface area contributed by atoms with Crippen LogP contribution in [0.1, 0.15) is 47.0 Å². The van der Waals surface area contributed by atoms with Crippen molar-refractivity contribution in [2.24, 2.45) is 17.6 Å². The van der Waals surface area contributed by atoms with E-state index in [0.29, 0.717) is 0 Å². The largest absolute Gasteiger partial charge is 0.481 e. The third kappa shape index (κ3) is 11.0. The van der Waals surface area contributed by atoms with Gasteiger partial charge in [0.1, 0.15) is 18.1 Å². The summed E-state index contributed by atoms with van der Waals surface area (Å²) < 4.78 is 0. The summed E-state index contributed by atoms with van der Waals surface area (Å²) in [6, 6.07) is -4.38. The molecule has 0 bridgehead atoms. The summed E-state index contributed by atoms with van der Waals surface area (Å²) in [5.41, 5.74) is 5.64. The van der Waals surface area contributed by atoms with Crippen LogP contribution in [0.4, 0.5) is 0 Å². The molecule has 0 rings (SSSR count). The Balaban J connectivity index is 5.21. The summed E-state index contributed by atoms with van der Waals surface area (Å²) in [6.07, 6.45) is -0.164. The third-order valence-electron chi connectivity index (χ3n) is 4.39. The zero-order valence-corrected chi connectivity index (χ0v) is 19.1. The van der Waals surface area contributed by atoms with Crippen molar-refractivity contribution in [3.63, 3.8) is 0 Å². The standard InChI is InChI=1S/C19H34N4O7S/c1-9(2)7-12(17(27)23-15(10(3)4)19(29)30)21-18(28)13(8-31)22-16(26)11(20)5-6-14(24)25/h9-13,15,31H,5-8,20H2,1-4H3,(H,21,28)(H,22,26)(H,23,27)(H,24,25)(H,29,30). The molecule has 0 fully saturated rings. The van der Waals surface area contributed by atoms with E-state index in [0.717, 1.165) is 0 Å². The lowest BCUT2D eigenvalue weighted by atomic mass is 10.00. The first-order valence-corrected chi connectivity index (χ1v) is 10.6. The van der Waals surface area contributed by atoms with Gasteiger partial charge in [-0.1, -0.05) is 27.7 Å². The number of hydrogen-bond acceptors (Lipinski definition) is 7. The summed E-state index contributed by atoms with van der Waals surface area (Å²) in [7, 11) is 0. The fourth-order valence-corrected chi connectivity index (χ4v) is 2.88. The SMILES string of the molecule is CC(C)CC(NC(=O)C(CS)NC(=O)C(N)CCC(=O)O)C(=O)NC(C(=O)O)C(C)C. The van der Waals surface area contributed by atoms with E-state index >= 15 is 0 Å². The summed E-state index contributed by atoms with van der Waals surface area (Å²) in [6.45, 7) is 6.97. The number of aliphatic carboxylic acids is 2. The average molecular weight is 463 g/mol. The van der Waals surface area contributed by atoms with Crippen molar-refractivity contribution in [2.75, 3.05) is 5.75 Å². The predicted molar refractivity (Wildman–Crippen MR) is 116 cm³/mol. The smallest absolute Gasteiger partial charge is 0.326 e. The van der Waals surface area contributed by atoms with E-state index in [-0.39, 0.29) is 36.9 Å². The molecule has 0 heterocycles. The van der Waals surface area contributed by atoms with Gasteiger partial charge in [0.05, 0.1) is 6.04 Å². The second-order valence-corrected chi connectivity index (χ2v) is 8.41. The van der Waals surface area contributed by atoms with Crippen LogP contribution in [0.2, 0.25) is 0 Å². The zero-order valence-electron chi connectivity index (χ0n) is 18.3. The van der Waals surface area contributed by atoms with Gasteiger partial charge in [-0.2, -0.15) is 12.6 Å². The van der Waals surface area contributed by atoms with Crippen molar-refractivity contribution in [1.29, 1.82) is 0 Å². The van der Waals surface area contributed by atoms with Crippen molar-refractivity contribution >= 4 is 42.3 Å². The molecule has 0 saturated heterocycles. The Labute approximate surface area is 187 Å². The molecule has 0 aromatic heterocycles. The lowest BCUT2D eigenvalue weighted by Gasteiger charge is -2.26.